The van der Waals surface area contributed by atoms with E-state index in [1.807, 2.05) is 0 Å². The molecule has 0 saturated heterocycles. The van der Waals surface area contributed by atoms with Crippen LogP contribution in [-0.2, 0) is 6.54 Å². The number of H-pyrrole nitrogens is 1. The lowest BCUT2D eigenvalue weighted by molar-refractivity contribution is -0.0514. The van der Waals surface area contributed by atoms with Gasteiger partial charge in [-0.2, -0.15) is 0 Å². The van der Waals surface area contributed by atoms with Crippen LogP contribution < -0.4 is 5.32 Å². The van der Waals surface area contributed by atoms with Gasteiger partial charge in [0, 0.05) is 18.8 Å². The second-order valence-corrected chi connectivity index (χ2v) is 7.50. The monoisotopic (exact) mass is 259 g/mol. The molecule has 4 aliphatic carbocycles. The van der Waals surface area contributed by atoms with E-state index in [0.717, 1.165) is 24.3 Å². The number of hydrogen-bond acceptors (Lipinski definition) is 2. The van der Waals surface area contributed by atoms with Crippen LogP contribution in [0.5, 0.6) is 0 Å². The first-order chi connectivity index (χ1) is 9.22. The molecular formula is C16H25N3. The van der Waals surface area contributed by atoms with Gasteiger partial charge in [0.05, 0.1) is 12.0 Å². The molecular weight excluding hydrogens is 234 g/mol. The summed E-state index contributed by atoms with van der Waals surface area (Å²) >= 11 is 0. The lowest BCUT2D eigenvalue weighted by Gasteiger charge is -2.57. The van der Waals surface area contributed by atoms with E-state index >= 15 is 0 Å². The largest absolute Gasteiger partial charge is 0.348 e. The van der Waals surface area contributed by atoms with E-state index in [4.69, 9.17) is 0 Å². The lowest BCUT2D eigenvalue weighted by atomic mass is 9.49. The standard InChI is InChI=1S/C16H25N3/c1-11-15(19-10-18-11)8-17-9-16-5-12-2-13(6-16)4-14(3-12)7-16/h10,12-14,17H,2-9H2,1H3,(H,18,19). The average Bonchev–Trinajstić information content (AvgIpc) is 2.73. The zero-order chi connectivity index (χ0) is 12.9. The van der Waals surface area contributed by atoms with Crippen molar-refractivity contribution < 1.29 is 0 Å². The van der Waals surface area contributed by atoms with Crippen LogP contribution in [0.1, 0.15) is 49.9 Å². The third-order valence-corrected chi connectivity index (χ3v) is 5.89. The minimum absolute atomic E-state index is 0.638. The highest BCUT2D eigenvalue weighted by atomic mass is 15.0. The van der Waals surface area contributed by atoms with Gasteiger partial charge in [-0.15, -0.1) is 0 Å². The minimum Gasteiger partial charge on any atom is -0.348 e. The molecule has 0 spiro atoms. The van der Waals surface area contributed by atoms with Crippen LogP contribution in [0.15, 0.2) is 6.33 Å². The Labute approximate surface area is 115 Å². The highest BCUT2D eigenvalue weighted by Crippen LogP contribution is 2.59. The molecule has 4 saturated carbocycles. The van der Waals surface area contributed by atoms with E-state index < -0.39 is 0 Å². The normalized spacial score (nSPS) is 39.9. The van der Waals surface area contributed by atoms with Crippen molar-refractivity contribution in [1.29, 1.82) is 0 Å². The maximum Gasteiger partial charge on any atom is 0.0925 e. The predicted molar refractivity (Wildman–Crippen MR) is 75.6 cm³/mol. The molecule has 3 nitrogen and oxygen atoms in total. The molecule has 0 atom stereocenters. The molecule has 1 aromatic heterocycles. The maximum atomic E-state index is 4.38. The second kappa shape index (κ2) is 4.34. The van der Waals surface area contributed by atoms with Gasteiger partial charge >= 0.3 is 0 Å². The molecule has 5 rings (SSSR count). The Morgan fingerprint density at radius 3 is 2.37 bits per heavy atom. The number of aromatic nitrogens is 2. The Bertz CT molecular complexity index is 427. The van der Waals surface area contributed by atoms with E-state index in [1.165, 1.54) is 56.5 Å². The summed E-state index contributed by atoms with van der Waals surface area (Å²) in [5.41, 5.74) is 3.03. The Morgan fingerprint density at radius 2 is 1.84 bits per heavy atom. The van der Waals surface area contributed by atoms with Crippen molar-refractivity contribution in [2.75, 3.05) is 6.54 Å². The van der Waals surface area contributed by atoms with E-state index in [2.05, 4.69) is 22.2 Å². The molecule has 3 heteroatoms. The number of rotatable bonds is 4. The highest BCUT2D eigenvalue weighted by molar-refractivity contribution is 5.08. The number of aromatic amines is 1. The van der Waals surface area contributed by atoms with Crippen LogP contribution in [0, 0.1) is 30.1 Å². The smallest absolute Gasteiger partial charge is 0.0925 e. The first-order valence-electron chi connectivity index (χ1n) is 7.92. The molecule has 2 N–H and O–H groups in total. The van der Waals surface area contributed by atoms with Gasteiger partial charge in [-0.3, -0.25) is 0 Å². The molecule has 4 fully saturated rings. The molecule has 0 aliphatic heterocycles. The maximum absolute atomic E-state index is 4.38. The molecule has 1 heterocycles. The Kier molecular flexibility index (Phi) is 2.73. The van der Waals surface area contributed by atoms with E-state index in [0.29, 0.717) is 5.41 Å². The summed E-state index contributed by atoms with van der Waals surface area (Å²) in [6.45, 7) is 4.24. The zero-order valence-corrected chi connectivity index (χ0v) is 11.9. The third-order valence-electron chi connectivity index (χ3n) is 5.89. The number of nitrogens with one attached hydrogen (secondary N) is 2. The molecule has 4 aliphatic rings. The zero-order valence-electron chi connectivity index (χ0n) is 11.9. The van der Waals surface area contributed by atoms with E-state index in [-0.39, 0.29) is 0 Å². The van der Waals surface area contributed by atoms with Crippen LogP contribution in [-0.4, -0.2) is 16.5 Å². The van der Waals surface area contributed by atoms with Gasteiger partial charge in [0.2, 0.25) is 0 Å². The van der Waals surface area contributed by atoms with E-state index in [9.17, 15) is 0 Å². The summed E-state index contributed by atoms with van der Waals surface area (Å²) in [6, 6.07) is 0. The molecule has 0 amide bonds. The summed E-state index contributed by atoms with van der Waals surface area (Å²) in [7, 11) is 0. The number of hydrogen-bond donors (Lipinski definition) is 2. The Hall–Kier alpha value is -0.830. The number of nitrogens with zero attached hydrogens (tertiary/aromatic N) is 1. The Balaban J connectivity index is 1.39. The lowest BCUT2D eigenvalue weighted by Crippen LogP contribution is -2.50. The Morgan fingerprint density at radius 1 is 1.21 bits per heavy atom. The van der Waals surface area contributed by atoms with Crippen LogP contribution in [0.3, 0.4) is 0 Å². The third kappa shape index (κ3) is 2.12. The molecule has 0 radical (unpaired) electrons. The molecule has 1 aromatic rings. The molecule has 0 aromatic carbocycles. The first kappa shape index (κ1) is 12.0. The highest BCUT2D eigenvalue weighted by Gasteiger charge is 2.50. The fourth-order valence-electron chi connectivity index (χ4n) is 5.52. The van der Waals surface area contributed by atoms with Crippen LogP contribution in [0.4, 0.5) is 0 Å². The quantitative estimate of drug-likeness (QED) is 0.872. The van der Waals surface area contributed by atoms with Crippen LogP contribution in [0.25, 0.3) is 0 Å². The van der Waals surface area contributed by atoms with Crippen molar-refractivity contribution in [2.24, 2.45) is 23.2 Å². The van der Waals surface area contributed by atoms with Gasteiger partial charge < -0.3 is 10.3 Å². The number of imidazole rings is 1. The van der Waals surface area contributed by atoms with Gasteiger partial charge in [0.25, 0.3) is 0 Å². The van der Waals surface area contributed by atoms with Crippen LogP contribution >= 0.6 is 0 Å². The summed E-state index contributed by atoms with van der Waals surface area (Å²) < 4.78 is 0. The van der Waals surface area contributed by atoms with Gasteiger partial charge in [-0.1, -0.05) is 0 Å². The fourth-order valence-corrected chi connectivity index (χ4v) is 5.52. The summed E-state index contributed by atoms with van der Waals surface area (Å²) in [5, 5.41) is 3.70. The topological polar surface area (TPSA) is 40.7 Å². The van der Waals surface area contributed by atoms with Gasteiger partial charge in [0.15, 0.2) is 0 Å². The van der Waals surface area contributed by atoms with Crippen molar-refractivity contribution in [1.82, 2.24) is 15.3 Å². The summed E-state index contributed by atoms with van der Waals surface area (Å²) in [5.74, 6) is 3.17. The van der Waals surface area contributed by atoms with Crippen molar-refractivity contribution >= 4 is 0 Å². The predicted octanol–water partition coefficient (Wildman–Crippen LogP) is 3.02. The van der Waals surface area contributed by atoms with Gasteiger partial charge in [-0.25, -0.2) is 4.98 Å². The SMILES string of the molecule is Cc1[nH]cnc1CNCC12CC3CC(CC(C3)C1)C2. The molecule has 4 bridgehead atoms. The van der Waals surface area contributed by atoms with Gasteiger partial charge in [-0.05, 0) is 68.6 Å². The average molecular weight is 259 g/mol. The summed E-state index contributed by atoms with van der Waals surface area (Å²) in [4.78, 5) is 7.54. The number of aryl methyl sites for hydroxylation is 1. The van der Waals surface area contributed by atoms with E-state index in [1.54, 1.807) is 6.33 Å². The molecule has 0 unspecified atom stereocenters. The van der Waals surface area contributed by atoms with Crippen molar-refractivity contribution in [3.63, 3.8) is 0 Å². The molecule has 19 heavy (non-hydrogen) atoms. The fraction of sp³-hybridized carbons (Fsp3) is 0.812. The van der Waals surface area contributed by atoms with Crippen LogP contribution in [0.2, 0.25) is 0 Å². The van der Waals surface area contributed by atoms with Crippen molar-refractivity contribution in [3.05, 3.63) is 17.7 Å². The minimum atomic E-state index is 0.638. The van der Waals surface area contributed by atoms with Gasteiger partial charge in [0.1, 0.15) is 0 Å². The molecule has 104 valence electrons. The summed E-state index contributed by atoms with van der Waals surface area (Å²) in [6.07, 6.45) is 10.9. The van der Waals surface area contributed by atoms with Crippen molar-refractivity contribution in [2.45, 2.75) is 52.0 Å². The second-order valence-electron chi connectivity index (χ2n) is 7.50. The van der Waals surface area contributed by atoms with Crippen molar-refractivity contribution in [3.8, 4) is 0 Å². The first-order valence-corrected chi connectivity index (χ1v) is 7.92.